The first kappa shape index (κ1) is 20.4. The topological polar surface area (TPSA) is 101 Å². The van der Waals surface area contributed by atoms with Gasteiger partial charge in [0.15, 0.2) is 9.84 Å². The van der Waals surface area contributed by atoms with Gasteiger partial charge < -0.3 is 14.7 Å². The summed E-state index contributed by atoms with van der Waals surface area (Å²) in [5.41, 5.74) is 0.363. The Bertz CT molecular complexity index is 939. The van der Waals surface area contributed by atoms with E-state index in [4.69, 9.17) is 9.84 Å². The number of hydrogen-bond acceptors (Lipinski definition) is 5. The highest BCUT2D eigenvalue weighted by molar-refractivity contribution is 7.90. The lowest BCUT2D eigenvalue weighted by Crippen LogP contribution is -2.28. The van der Waals surface area contributed by atoms with Crippen molar-refractivity contribution in [1.29, 1.82) is 0 Å². The summed E-state index contributed by atoms with van der Waals surface area (Å²) in [7, 11) is -1.67. The van der Waals surface area contributed by atoms with Crippen LogP contribution >= 0.6 is 0 Å². The molecule has 7 nitrogen and oxygen atoms in total. The van der Waals surface area contributed by atoms with Crippen LogP contribution in [0.4, 0.5) is 0 Å². The molecule has 2 aromatic carbocycles. The first-order chi connectivity index (χ1) is 12.7. The zero-order valence-electron chi connectivity index (χ0n) is 15.1. The monoisotopic (exact) mass is 391 g/mol. The van der Waals surface area contributed by atoms with E-state index in [-0.39, 0.29) is 16.4 Å². The summed E-state index contributed by atoms with van der Waals surface area (Å²) in [5.74, 6) is -0.921. The fourth-order valence-corrected chi connectivity index (χ4v) is 3.05. The third-order valence-electron chi connectivity index (χ3n) is 3.84. The second kappa shape index (κ2) is 8.68. The lowest BCUT2D eigenvalue weighted by Gasteiger charge is -2.17. The number of carboxylic acid groups (broad SMARTS) is 1. The van der Waals surface area contributed by atoms with Gasteiger partial charge in [-0.25, -0.2) is 13.2 Å². The van der Waals surface area contributed by atoms with E-state index in [1.807, 2.05) is 0 Å². The van der Waals surface area contributed by atoms with Crippen molar-refractivity contribution in [3.63, 3.8) is 0 Å². The van der Waals surface area contributed by atoms with E-state index in [1.165, 1.54) is 35.2 Å². The van der Waals surface area contributed by atoms with E-state index in [9.17, 15) is 18.0 Å². The van der Waals surface area contributed by atoms with Gasteiger partial charge in [-0.1, -0.05) is 12.1 Å². The summed E-state index contributed by atoms with van der Waals surface area (Å²) >= 11 is 0. The number of nitrogens with zero attached hydrogens (tertiary/aromatic N) is 1. The molecule has 0 atom stereocenters. The number of aromatic carboxylic acids is 1. The number of hydrogen-bond donors (Lipinski definition) is 1. The molecule has 0 saturated heterocycles. The number of rotatable bonds is 8. The Morgan fingerprint density at radius 3 is 2.41 bits per heavy atom. The van der Waals surface area contributed by atoms with Crippen LogP contribution in [0.5, 0.6) is 5.75 Å². The molecule has 0 spiro atoms. The molecular weight excluding hydrogens is 370 g/mol. The maximum absolute atomic E-state index is 12.4. The maximum Gasteiger partial charge on any atom is 0.335 e. The van der Waals surface area contributed by atoms with Gasteiger partial charge in [0.1, 0.15) is 5.75 Å². The average molecular weight is 391 g/mol. The summed E-state index contributed by atoms with van der Waals surface area (Å²) < 4.78 is 28.6. The Kier molecular flexibility index (Phi) is 6.57. The van der Waals surface area contributed by atoms with Gasteiger partial charge in [0.05, 0.1) is 17.1 Å². The van der Waals surface area contributed by atoms with Crippen LogP contribution in [0, 0.1) is 0 Å². The lowest BCUT2D eigenvalue weighted by atomic mass is 10.1. The molecule has 1 amide bonds. The van der Waals surface area contributed by atoms with Crippen LogP contribution in [-0.2, 0) is 9.84 Å². The number of benzene rings is 2. The summed E-state index contributed by atoms with van der Waals surface area (Å²) in [6, 6.07) is 12.1. The van der Waals surface area contributed by atoms with Gasteiger partial charge in [0.25, 0.3) is 5.91 Å². The van der Waals surface area contributed by atoms with Crippen molar-refractivity contribution in [1.82, 2.24) is 4.90 Å². The van der Waals surface area contributed by atoms with Gasteiger partial charge in [-0.05, 0) is 42.8 Å². The van der Waals surface area contributed by atoms with Crippen molar-refractivity contribution in [3.05, 3.63) is 59.7 Å². The van der Waals surface area contributed by atoms with Gasteiger partial charge >= 0.3 is 5.97 Å². The predicted molar refractivity (Wildman–Crippen MR) is 100 cm³/mol. The van der Waals surface area contributed by atoms with Crippen LogP contribution in [0.15, 0.2) is 53.4 Å². The molecule has 27 heavy (non-hydrogen) atoms. The van der Waals surface area contributed by atoms with E-state index in [1.54, 1.807) is 25.2 Å². The highest BCUT2D eigenvalue weighted by Crippen LogP contribution is 2.17. The van der Waals surface area contributed by atoms with Crippen molar-refractivity contribution in [3.8, 4) is 5.75 Å². The molecule has 2 aromatic rings. The molecule has 0 radical (unpaired) electrons. The smallest absolute Gasteiger partial charge is 0.335 e. The summed E-state index contributed by atoms with van der Waals surface area (Å²) in [6.07, 6.45) is 1.66. The zero-order valence-corrected chi connectivity index (χ0v) is 15.9. The highest BCUT2D eigenvalue weighted by atomic mass is 32.2. The summed E-state index contributed by atoms with van der Waals surface area (Å²) in [5, 5.41) is 9.00. The first-order valence-corrected chi connectivity index (χ1v) is 10.1. The second-order valence-corrected chi connectivity index (χ2v) is 8.08. The standard InChI is InChI=1S/C19H21NO6S/c1-20(18(21)14-6-3-7-15(12-14)19(22)23)10-5-11-26-16-8-4-9-17(13-16)27(2,24)25/h3-4,6-9,12-13H,5,10-11H2,1-2H3,(H,22,23). The average Bonchev–Trinajstić information content (AvgIpc) is 2.64. The van der Waals surface area contributed by atoms with E-state index < -0.39 is 15.8 Å². The number of carbonyl (C=O) groups excluding carboxylic acids is 1. The Hall–Kier alpha value is -2.87. The highest BCUT2D eigenvalue weighted by Gasteiger charge is 2.14. The molecule has 8 heteroatoms. The Morgan fingerprint density at radius 1 is 1.07 bits per heavy atom. The fraction of sp³-hybridized carbons (Fsp3) is 0.263. The zero-order chi connectivity index (χ0) is 20.0. The molecular formula is C19H21NO6S. The summed E-state index contributed by atoms with van der Waals surface area (Å²) in [4.78, 5) is 25.0. The Morgan fingerprint density at radius 2 is 1.74 bits per heavy atom. The van der Waals surface area contributed by atoms with Crippen LogP contribution in [0.1, 0.15) is 27.1 Å². The third-order valence-corrected chi connectivity index (χ3v) is 4.95. The Balaban J connectivity index is 1.87. The normalized spacial score (nSPS) is 11.0. The maximum atomic E-state index is 12.4. The number of amides is 1. The Labute approximate surface area is 158 Å². The molecule has 0 aliphatic rings. The fourth-order valence-electron chi connectivity index (χ4n) is 2.39. The molecule has 0 aromatic heterocycles. The molecule has 0 aliphatic carbocycles. The largest absolute Gasteiger partial charge is 0.493 e. The molecule has 1 N–H and O–H groups in total. The number of carboxylic acids is 1. The van der Waals surface area contributed by atoms with Crippen LogP contribution < -0.4 is 4.74 Å². The first-order valence-electron chi connectivity index (χ1n) is 8.20. The second-order valence-electron chi connectivity index (χ2n) is 6.06. The van der Waals surface area contributed by atoms with Crippen LogP contribution in [-0.4, -0.2) is 56.8 Å². The number of ether oxygens (including phenoxy) is 1. The van der Waals surface area contributed by atoms with Gasteiger partial charge in [-0.3, -0.25) is 4.79 Å². The molecule has 144 valence electrons. The predicted octanol–water partition coefficient (Wildman–Crippen LogP) is 2.33. The quantitative estimate of drug-likeness (QED) is 0.693. The molecule has 0 unspecified atom stereocenters. The molecule has 0 heterocycles. The molecule has 0 bridgehead atoms. The minimum atomic E-state index is -3.30. The van der Waals surface area contributed by atoms with Crippen LogP contribution in [0.25, 0.3) is 0 Å². The lowest BCUT2D eigenvalue weighted by molar-refractivity contribution is 0.0697. The number of carbonyl (C=O) groups is 2. The minimum absolute atomic E-state index is 0.0586. The third kappa shape index (κ3) is 5.82. The molecule has 0 fully saturated rings. The van der Waals surface area contributed by atoms with Crippen LogP contribution in [0.2, 0.25) is 0 Å². The van der Waals surface area contributed by atoms with Crippen molar-refractivity contribution >= 4 is 21.7 Å². The van der Waals surface area contributed by atoms with Gasteiger partial charge in [-0.2, -0.15) is 0 Å². The van der Waals surface area contributed by atoms with E-state index in [0.29, 0.717) is 30.9 Å². The van der Waals surface area contributed by atoms with Gasteiger partial charge in [-0.15, -0.1) is 0 Å². The van der Waals surface area contributed by atoms with E-state index in [0.717, 1.165) is 6.26 Å². The van der Waals surface area contributed by atoms with Crippen LogP contribution in [0.3, 0.4) is 0 Å². The molecule has 0 saturated carbocycles. The molecule has 0 aliphatic heterocycles. The van der Waals surface area contributed by atoms with Crippen molar-refractivity contribution < 1.29 is 27.9 Å². The van der Waals surface area contributed by atoms with E-state index >= 15 is 0 Å². The molecule has 2 rings (SSSR count). The van der Waals surface area contributed by atoms with Crippen molar-refractivity contribution in [2.75, 3.05) is 26.5 Å². The SMILES string of the molecule is CN(CCCOc1cccc(S(C)(=O)=O)c1)C(=O)c1cccc(C(=O)O)c1. The minimum Gasteiger partial charge on any atom is -0.493 e. The number of sulfone groups is 1. The van der Waals surface area contributed by atoms with Gasteiger partial charge in [0, 0.05) is 25.4 Å². The van der Waals surface area contributed by atoms with Crippen molar-refractivity contribution in [2.24, 2.45) is 0 Å². The summed E-state index contributed by atoms with van der Waals surface area (Å²) in [6.45, 7) is 0.710. The van der Waals surface area contributed by atoms with Gasteiger partial charge in [0.2, 0.25) is 0 Å². The van der Waals surface area contributed by atoms with Crippen molar-refractivity contribution in [2.45, 2.75) is 11.3 Å². The van der Waals surface area contributed by atoms with E-state index in [2.05, 4.69) is 0 Å².